The molecule has 1 aromatic heterocycles. The number of carbonyl (C=O) groups excluding carboxylic acids is 1. The van der Waals surface area contributed by atoms with Crippen LogP contribution in [0.15, 0.2) is 12.3 Å². The fourth-order valence-electron chi connectivity index (χ4n) is 1.79. The molecule has 1 aliphatic heterocycles. The van der Waals surface area contributed by atoms with E-state index >= 15 is 0 Å². The van der Waals surface area contributed by atoms with Gasteiger partial charge in [0, 0.05) is 31.9 Å². The predicted octanol–water partition coefficient (Wildman–Crippen LogP) is 1.10. The van der Waals surface area contributed by atoms with Crippen LogP contribution >= 0.6 is 11.6 Å². The molecule has 2 N–H and O–H groups in total. The number of hydrogen-bond acceptors (Lipinski definition) is 2. The highest BCUT2D eigenvalue weighted by molar-refractivity contribution is 6.30. The monoisotopic (exact) mass is 227 g/mol. The Kier molecular flexibility index (Phi) is 2.98. The van der Waals surface area contributed by atoms with Crippen molar-refractivity contribution >= 4 is 17.5 Å². The zero-order chi connectivity index (χ0) is 10.8. The predicted molar refractivity (Wildman–Crippen MR) is 59.2 cm³/mol. The van der Waals surface area contributed by atoms with Crippen LogP contribution < -0.4 is 5.32 Å². The first-order chi connectivity index (χ1) is 7.18. The van der Waals surface area contributed by atoms with Crippen LogP contribution in [0.5, 0.6) is 0 Å². The van der Waals surface area contributed by atoms with E-state index in [1.807, 2.05) is 11.8 Å². The fraction of sp³-hybridized carbons (Fsp3) is 0.500. The van der Waals surface area contributed by atoms with Crippen LogP contribution in [0.1, 0.15) is 17.4 Å². The zero-order valence-electron chi connectivity index (χ0n) is 8.59. The van der Waals surface area contributed by atoms with Crippen molar-refractivity contribution in [2.24, 2.45) is 0 Å². The number of aromatic amines is 1. The first-order valence-corrected chi connectivity index (χ1v) is 5.42. The highest BCUT2D eigenvalue weighted by Gasteiger charge is 2.24. The lowest BCUT2D eigenvalue weighted by Gasteiger charge is -2.33. The first kappa shape index (κ1) is 10.5. The Bertz CT molecular complexity index is 363. The smallest absolute Gasteiger partial charge is 0.270 e. The van der Waals surface area contributed by atoms with Crippen molar-refractivity contribution in [1.29, 1.82) is 0 Å². The summed E-state index contributed by atoms with van der Waals surface area (Å²) < 4.78 is 0. The number of aromatic nitrogens is 1. The molecule has 1 amide bonds. The van der Waals surface area contributed by atoms with Crippen LogP contribution in [0.2, 0.25) is 5.02 Å². The van der Waals surface area contributed by atoms with Crippen molar-refractivity contribution in [2.75, 3.05) is 19.6 Å². The molecular formula is C10H14ClN3O. The van der Waals surface area contributed by atoms with Gasteiger partial charge in [0.15, 0.2) is 0 Å². The van der Waals surface area contributed by atoms with Crippen LogP contribution in [0.4, 0.5) is 0 Å². The minimum absolute atomic E-state index is 0.0240. The first-order valence-electron chi connectivity index (χ1n) is 5.04. The Balaban J connectivity index is 2.13. The van der Waals surface area contributed by atoms with Crippen molar-refractivity contribution in [1.82, 2.24) is 15.2 Å². The van der Waals surface area contributed by atoms with Crippen LogP contribution in [0, 0.1) is 0 Å². The van der Waals surface area contributed by atoms with Crippen LogP contribution in [-0.4, -0.2) is 41.5 Å². The molecule has 0 spiro atoms. The second kappa shape index (κ2) is 4.24. The number of rotatable bonds is 1. The summed E-state index contributed by atoms with van der Waals surface area (Å²) in [6.07, 6.45) is 1.63. The number of nitrogens with one attached hydrogen (secondary N) is 2. The van der Waals surface area contributed by atoms with Crippen LogP contribution in [0.3, 0.4) is 0 Å². The van der Waals surface area contributed by atoms with E-state index in [2.05, 4.69) is 10.3 Å². The van der Waals surface area contributed by atoms with Gasteiger partial charge < -0.3 is 15.2 Å². The molecule has 15 heavy (non-hydrogen) atoms. The van der Waals surface area contributed by atoms with Gasteiger partial charge in [-0.25, -0.2) is 0 Å². The summed E-state index contributed by atoms with van der Waals surface area (Å²) >= 11 is 5.77. The van der Waals surface area contributed by atoms with Gasteiger partial charge >= 0.3 is 0 Å². The number of amides is 1. The number of hydrogen-bond donors (Lipinski definition) is 2. The van der Waals surface area contributed by atoms with E-state index in [4.69, 9.17) is 11.6 Å². The second-order valence-corrected chi connectivity index (χ2v) is 4.22. The lowest BCUT2D eigenvalue weighted by molar-refractivity contribution is 0.0650. The minimum Gasteiger partial charge on any atom is -0.356 e. The molecule has 2 rings (SSSR count). The fourth-order valence-corrected chi connectivity index (χ4v) is 1.95. The maximum atomic E-state index is 12.0. The molecule has 1 saturated heterocycles. The van der Waals surface area contributed by atoms with Crippen LogP contribution in [0.25, 0.3) is 0 Å². The minimum atomic E-state index is 0.0240. The molecular weight excluding hydrogens is 214 g/mol. The molecule has 1 fully saturated rings. The number of nitrogens with zero attached hydrogens (tertiary/aromatic N) is 1. The van der Waals surface area contributed by atoms with Gasteiger partial charge in [-0.2, -0.15) is 0 Å². The third-order valence-corrected chi connectivity index (χ3v) is 2.86. The summed E-state index contributed by atoms with van der Waals surface area (Å²) in [5.74, 6) is 0.0240. The Morgan fingerprint density at radius 1 is 1.67 bits per heavy atom. The Hall–Kier alpha value is -1.00. The molecule has 82 valence electrons. The quantitative estimate of drug-likeness (QED) is 0.755. The highest BCUT2D eigenvalue weighted by atomic mass is 35.5. The van der Waals surface area contributed by atoms with E-state index in [1.54, 1.807) is 12.3 Å². The molecule has 0 aliphatic carbocycles. The normalized spacial score (nSPS) is 21.7. The van der Waals surface area contributed by atoms with Crippen molar-refractivity contribution in [3.63, 3.8) is 0 Å². The lowest BCUT2D eigenvalue weighted by Crippen LogP contribution is -2.52. The van der Waals surface area contributed by atoms with Gasteiger partial charge in [0.05, 0.1) is 5.02 Å². The molecule has 0 saturated carbocycles. The number of halogens is 1. The third-order valence-electron chi connectivity index (χ3n) is 2.64. The van der Waals surface area contributed by atoms with E-state index in [0.29, 0.717) is 10.7 Å². The number of piperazine rings is 1. The maximum Gasteiger partial charge on any atom is 0.270 e. The molecule has 5 heteroatoms. The Morgan fingerprint density at radius 2 is 2.47 bits per heavy atom. The topological polar surface area (TPSA) is 48.1 Å². The summed E-state index contributed by atoms with van der Waals surface area (Å²) in [4.78, 5) is 16.8. The summed E-state index contributed by atoms with van der Waals surface area (Å²) in [7, 11) is 0. The molecule has 2 heterocycles. The zero-order valence-corrected chi connectivity index (χ0v) is 9.34. The van der Waals surface area contributed by atoms with Crippen LogP contribution in [-0.2, 0) is 0 Å². The van der Waals surface area contributed by atoms with Crippen molar-refractivity contribution in [3.05, 3.63) is 23.0 Å². The molecule has 4 nitrogen and oxygen atoms in total. The summed E-state index contributed by atoms with van der Waals surface area (Å²) in [6, 6.07) is 1.90. The average molecular weight is 228 g/mol. The third kappa shape index (κ3) is 2.16. The molecule has 1 aliphatic rings. The summed E-state index contributed by atoms with van der Waals surface area (Å²) in [6.45, 7) is 4.48. The molecule has 0 bridgehead atoms. The SMILES string of the molecule is C[C@@H]1CNCCN1C(=O)c1cc(Cl)c[nH]1. The largest absolute Gasteiger partial charge is 0.356 e. The van der Waals surface area contributed by atoms with Crippen molar-refractivity contribution in [3.8, 4) is 0 Å². The van der Waals surface area contributed by atoms with E-state index in [1.165, 1.54) is 0 Å². The van der Waals surface area contributed by atoms with E-state index in [0.717, 1.165) is 19.6 Å². The van der Waals surface area contributed by atoms with Crippen molar-refractivity contribution < 1.29 is 4.79 Å². The molecule has 1 aromatic rings. The standard InChI is InChI=1S/C10H14ClN3O/c1-7-5-12-2-3-14(7)10(15)9-4-8(11)6-13-9/h4,6-7,12-13H,2-3,5H2,1H3/t7-/m1/s1. The van der Waals surface area contributed by atoms with Gasteiger partial charge in [-0.1, -0.05) is 11.6 Å². The van der Waals surface area contributed by atoms with Gasteiger partial charge in [0.2, 0.25) is 0 Å². The Morgan fingerprint density at radius 3 is 3.07 bits per heavy atom. The summed E-state index contributed by atoms with van der Waals surface area (Å²) in [5.41, 5.74) is 0.564. The molecule has 0 radical (unpaired) electrons. The number of H-pyrrole nitrogens is 1. The maximum absolute atomic E-state index is 12.0. The van der Waals surface area contributed by atoms with Gasteiger partial charge in [0.1, 0.15) is 5.69 Å². The summed E-state index contributed by atoms with van der Waals surface area (Å²) in [5, 5.41) is 3.82. The van der Waals surface area contributed by atoms with Gasteiger partial charge in [-0.05, 0) is 13.0 Å². The van der Waals surface area contributed by atoms with Gasteiger partial charge in [-0.15, -0.1) is 0 Å². The van der Waals surface area contributed by atoms with E-state index < -0.39 is 0 Å². The van der Waals surface area contributed by atoms with E-state index in [-0.39, 0.29) is 11.9 Å². The molecule has 1 atom stereocenters. The van der Waals surface area contributed by atoms with E-state index in [9.17, 15) is 4.79 Å². The number of carbonyl (C=O) groups is 1. The lowest BCUT2D eigenvalue weighted by atomic mass is 10.2. The highest BCUT2D eigenvalue weighted by Crippen LogP contribution is 2.13. The van der Waals surface area contributed by atoms with Crippen molar-refractivity contribution in [2.45, 2.75) is 13.0 Å². The average Bonchev–Trinajstić information content (AvgIpc) is 2.65. The van der Waals surface area contributed by atoms with Gasteiger partial charge in [-0.3, -0.25) is 4.79 Å². The molecule has 0 unspecified atom stereocenters. The van der Waals surface area contributed by atoms with Gasteiger partial charge in [0.25, 0.3) is 5.91 Å². The Labute approximate surface area is 93.6 Å². The molecule has 0 aromatic carbocycles. The second-order valence-electron chi connectivity index (χ2n) is 3.78.